The predicted octanol–water partition coefficient (Wildman–Crippen LogP) is -0.983. The summed E-state index contributed by atoms with van der Waals surface area (Å²) in [6, 6.07) is -0.660. The van der Waals surface area contributed by atoms with Crippen LogP contribution in [0.25, 0.3) is 0 Å². The van der Waals surface area contributed by atoms with Gasteiger partial charge in [-0.25, -0.2) is 16.1 Å². The van der Waals surface area contributed by atoms with Gasteiger partial charge >= 0.3 is 6.03 Å². The van der Waals surface area contributed by atoms with Crippen LogP contribution >= 0.6 is 0 Å². The highest BCUT2D eigenvalue weighted by molar-refractivity contribution is 5.70. The third-order valence-corrected chi connectivity index (χ3v) is 2.17. The van der Waals surface area contributed by atoms with E-state index in [2.05, 4.69) is 10.3 Å². The number of rotatable bonds is 9. The third-order valence-electron chi connectivity index (χ3n) is 2.17. The van der Waals surface area contributed by atoms with Crippen molar-refractivity contribution in [2.75, 3.05) is 40.6 Å². The van der Waals surface area contributed by atoms with E-state index in [9.17, 15) is 4.79 Å². The Labute approximate surface area is 106 Å². The number of ether oxygens (including phenoxy) is 2. The summed E-state index contributed by atoms with van der Waals surface area (Å²) in [4.78, 5) is 20.8. The molecular formula is C9H20N4O5. The lowest BCUT2D eigenvalue weighted by Gasteiger charge is -2.23. The largest absolute Gasteiger partial charge is 0.398 e. The van der Waals surface area contributed by atoms with E-state index in [1.54, 1.807) is 0 Å². The summed E-state index contributed by atoms with van der Waals surface area (Å²) in [7, 11) is 2.62. The maximum absolute atomic E-state index is 11.5. The van der Waals surface area contributed by atoms with Gasteiger partial charge in [-0.05, 0) is 6.42 Å². The summed E-state index contributed by atoms with van der Waals surface area (Å²) in [5.74, 6) is 5.25. The fourth-order valence-electron chi connectivity index (χ4n) is 1.11. The van der Waals surface area contributed by atoms with Crippen molar-refractivity contribution in [1.29, 1.82) is 0 Å². The molecule has 2 amide bonds. The van der Waals surface area contributed by atoms with Crippen molar-refractivity contribution < 1.29 is 23.9 Å². The first-order valence-electron chi connectivity index (χ1n) is 5.59. The lowest BCUT2D eigenvalue weighted by Crippen LogP contribution is -2.51. The summed E-state index contributed by atoms with van der Waals surface area (Å²) >= 11 is 0. The van der Waals surface area contributed by atoms with Crippen LogP contribution in [0.4, 0.5) is 4.79 Å². The standard InChI is InChI=1S/C9H20N4O5/c1-15-12(10)9(14)13(16-2)11-4-3-5-17-6-8-7-18-8/h8,11H,3-7,10H2,1-2H3. The van der Waals surface area contributed by atoms with Gasteiger partial charge in [-0.3, -0.25) is 9.68 Å². The van der Waals surface area contributed by atoms with Crippen LogP contribution in [0.3, 0.4) is 0 Å². The third kappa shape index (κ3) is 5.58. The SMILES string of the molecule is CON(N)C(=O)N(NCCCOCC1CO1)OC. The molecule has 0 radical (unpaired) electrons. The molecule has 106 valence electrons. The van der Waals surface area contributed by atoms with Gasteiger partial charge in [0.05, 0.1) is 27.4 Å². The molecule has 1 saturated heterocycles. The second-order valence-corrected chi connectivity index (χ2v) is 3.56. The number of nitrogens with one attached hydrogen (secondary N) is 1. The topological polar surface area (TPSA) is 102 Å². The number of nitrogens with two attached hydrogens (primary N) is 1. The van der Waals surface area contributed by atoms with E-state index in [0.717, 1.165) is 18.2 Å². The summed E-state index contributed by atoms with van der Waals surface area (Å²) < 4.78 is 10.3. The molecule has 0 aromatic rings. The molecule has 3 N–H and O–H groups in total. The molecule has 0 aliphatic carbocycles. The van der Waals surface area contributed by atoms with E-state index in [0.29, 0.717) is 24.9 Å². The van der Waals surface area contributed by atoms with Crippen LogP contribution < -0.4 is 11.3 Å². The highest BCUT2D eigenvalue weighted by Crippen LogP contribution is 2.08. The molecule has 18 heavy (non-hydrogen) atoms. The number of amides is 2. The van der Waals surface area contributed by atoms with Gasteiger partial charge in [0.25, 0.3) is 0 Å². The number of urea groups is 1. The van der Waals surface area contributed by atoms with Gasteiger partial charge in [0.15, 0.2) is 0 Å². The van der Waals surface area contributed by atoms with Crippen molar-refractivity contribution in [3.63, 3.8) is 0 Å². The normalized spacial score (nSPS) is 17.6. The average molecular weight is 264 g/mol. The molecule has 1 unspecified atom stereocenters. The quantitative estimate of drug-likeness (QED) is 0.181. The number of nitrogens with zero attached hydrogens (tertiary/aromatic N) is 2. The van der Waals surface area contributed by atoms with Crippen LogP contribution in [0, 0.1) is 0 Å². The molecule has 1 heterocycles. The van der Waals surface area contributed by atoms with E-state index in [4.69, 9.17) is 20.2 Å². The van der Waals surface area contributed by atoms with E-state index in [1.807, 2.05) is 0 Å². The van der Waals surface area contributed by atoms with Crippen LogP contribution in [0.2, 0.25) is 0 Å². The minimum absolute atomic E-state index is 0.266. The van der Waals surface area contributed by atoms with Crippen LogP contribution in [-0.4, -0.2) is 63.1 Å². The van der Waals surface area contributed by atoms with Gasteiger partial charge in [-0.1, -0.05) is 0 Å². The number of carbonyl (C=O) groups excluding carboxylic acids is 1. The van der Waals surface area contributed by atoms with Crippen LogP contribution in [0.5, 0.6) is 0 Å². The second kappa shape index (κ2) is 8.19. The van der Waals surface area contributed by atoms with E-state index >= 15 is 0 Å². The van der Waals surface area contributed by atoms with Crippen LogP contribution in [-0.2, 0) is 19.1 Å². The number of hydroxylamine groups is 2. The lowest BCUT2D eigenvalue weighted by molar-refractivity contribution is -0.177. The van der Waals surface area contributed by atoms with Gasteiger partial charge in [-0.15, -0.1) is 10.3 Å². The maximum atomic E-state index is 11.5. The molecule has 0 spiro atoms. The van der Waals surface area contributed by atoms with Gasteiger partial charge in [0.1, 0.15) is 6.10 Å². The minimum atomic E-state index is -0.660. The Morgan fingerprint density at radius 3 is 2.78 bits per heavy atom. The first kappa shape index (κ1) is 15.1. The van der Waals surface area contributed by atoms with Crippen molar-refractivity contribution in [2.24, 2.45) is 5.84 Å². The molecule has 1 fully saturated rings. The van der Waals surface area contributed by atoms with Crippen molar-refractivity contribution in [3.05, 3.63) is 0 Å². The summed E-state index contributed by atoms with van der Waals surface area (Å²) in [6.07, 6.45) is 0.986. The molecule has 9 nitrogen and oxygen atoms in total. The van der Waals surface area contributed by atoms with E-state index in [1.165, 1.54) is 14.2 Å². The number of hydrazine groups is 2. The first-order valence-corrected chi connectivity index (χ1v) is 5.59. The Hall–Kier alpha value is -0.970. The van der Waals surface area contributed by atoms with E-state index < -0.39 is 6.03 Å². The summed E-state index contributed by atoms with van der Waals surface area (Å²) in [5, 5.41) is 1.44. The molecule has 9 heteroatoms. The zero-order chi connectivity index (χ0) is 13.4. The zero-order valence-corrected chi connectivity index (χ0v) is 10.6. The Balaban J connectivity index is 2.04. The molecule has 1 aliphatic rings. The predicted molar refractivity (Wildman–Crippen MR) is 60.5 cm³/mol. The molecule has 1 aliphatic heterocycles. The van der Waals surface area contributed by atoms with Crippen molar-refractivity contribution in [2.45, 2.75) is 12.5 Å². The Morgan fingerprint density at radius 2 is 2.22 bits per heavy atom. The van der Waals surface area contributed by atoms with Gasteiger partial charge in [0.2, 0.25) is 0 Å². The lowest BCUT2D eigenvalue weighted by atomic mass is 10.4. The highest BCUT2D eigenvalue weighted by atomic mass is 16.8. The zero-order valence-electron chi connectivity index (χ0n) is 10.6. The number of epoxide rings is 1. The van der Waals surface area contributed by atoms with E-state index in [-0.39, 0.29) is 6.10 Å². The number of hydrogen-bond acceptors (Lipinski definition) is 7. The Morgan fingerprint density at radius 1 is 1.50 bits per heavy atom. The maximum Gasteiger partial charge on any atom is 0.398 e. The fourth-order valence-corrected chi connectivity index (χ4v) is 1.11. The van der Waals surface area contributed by atoms with Gasteiger partial charge in [-0.2, -0.15) is 0 Å². The Bertz CT molecular complexity index is 251. The molecule has 1 rings (SSSR count). The first-order chi connectivity index (χ1) is 8.69. The van der Waals surface area contributed by atoms with Crippen LogP contribution in [0.15, 0.2) is 0 Å². The molecule has 0 bridgehead atoms. The molecule has 0 saturated carbocycles. The highest BCUT2D eigenvalue weighted by Gasteiger charge is 2.22. The van der Waals surface area contributed by atoms with Crippen molar-refractivity contribution >= 4 is 6.03 Å². The van der Waals surface area contributed by atoms with Crippen molar-refractivity contribution in [1.82, 2.24) is 15.8 Å². The second-order valence-electron chi connectivity index (χ2n) is 3.56. The number of hydrogen-bond donors (Lipinski definition) is 2. The van der Waals surface area contributed by atoms with Crippen LogP contribution in [0.1, 0.15) is 6.42 Å². The monoisotopic (exact) mass is 264 g/mol. The summed E-state index contributed by atoms with van der Waals surface area (Å²) in [5.41, 5.74) is 2.74. The average Bonchev–Trinajstić information content (AvgIpc) is 3.20. The fraction of sp³-hybridized carbons (Fsp3) is 0.889. The molecular weight excluding hydrogens is 244 g/mol. The molecule has 0 aromatic carbocycles. The minimum Gasteiger partial charge on any atom is -0.379 e. The summed E-state index contributed by atoms with van der Waals surface area (Å²) in [6.45, 7) is 2.48. The van der Waals surface area contributed by atoms with Gasteiger partial charge in [0, 0.05) is 13.2 Å². The smallest absolute Gasteiger partial charge is 0.379 e. The van der Waals surface area contributed by atoms with Crippen molar-refractivity contribution in [3.8, 4) is 0 Å². The molecule has 1 atom stereocenters. The number of carbonyl (C=O) groups is 1. The van der Waals surface area contributed by atoms with Gasteiger partial charge < -0.3 is 9.47 Å². The Kier molecular flexibility index (Phi) is 6.86. The molecule has 0 aromatic heterocycles.